The van der Waals surface area contributed by atoms with E-state index in [9.17, 15) is 13.2 Å². The van der Waals surface area contributed by atoms with Gasteiger partial charge in [0.25, 0.3) is 0 Å². The maximum absolute atomic E-state index is 12.1. The molecular weight excluding hydrogens is 193 g/mol. The van der Waals surface area contributed by atoms with Crippen molar-refractivity contribution >= 4 is 11.6 Å². The molecule has 0 saturated carbocycles. The minimum Gasteiger partial charge on any atom is -0.357 e. The van der Waals surface area contributed by atoms with Gasteiger partial charge in [0, 0.05) is 0 Å². The Labute approximate surface area is 71.9 Å². The molecule has 3 N–H and O–H groups in total. The molecule has 6 heteroatoms. The summed E-state index contributed by atoms with van der Waals surface area (Å²) in [5.74, 6) is 0. The van der Waals surface area contributed by atoms with E-state index in [0.717, 1.165) is 12.2 Å². The van der Waals surface area contributed by atoms with E-state index in [1.807, 2.05) is 0 Å². The average molecular weight is 199 g/mol. The van der Waals surface area contributed by atoms with Gasteiger partial charge in [-0.1, -0.05) is 11.6 Å². The molecule has 0 radical (unpaired) electrons. The highest BCUT2D eigenvalue weighted by molar-refractivity contribution is 6.29. The molecule has 68 valence electrons. The van der Waals surface area contributed by atoms with Crippen LogP contribution in [0.2, 0.25) is 0 Å². The lowest BCUT2D eigenvalue weighted by Crippen LogP contribution is -2.43. The Bertz CT molecular complexity index is 244. The van der Waals surface area contributed by atoms with Crippen molar-refractivity contribution in [3.05, 3.63) is 22.9 Å². The van der Waals surface area contributed by atoms with Crippen LogP contribution >= 0.6 is 11.6 Å². The first-order chi connectivity index (χ1) is 5.41. The molecule has 0 aliphatic carbocycles. The first-order valence-corrected chi connectivity index (χ1v) is 3.46. The van der Waals surface area contributed by atoms with Crippen LogP contribution < -0.4 is 11.1 Å². The fourth-order valence-corrected chi connectivity index (χ4v) is 0.992. The number of allylic oxidation sites excluding steroid dienone is 2. The van der Waals surface area contributed by atoms with Gasteiger partial charge in [-0.3, -0.25) is 0 Å². The monoisotopic (exact) mass is 198 g/mol. The Hall–Kier alpha value is -0.680. The van der Waals surface area contributed by atoms with Crippen LogP contribution in [0.3, 0.4) is 0 Å². The van der Waals surface area contributed by atoms with Crippen molar-refractivity contribution in [1.29, 1.82) is 0 Å². The summed E-state index contributed by atoms with van der Waals surface area (Å²) in [6.45, 7) is 0. The maximum atomic E-state index is 12.1. The molecule has 1 aliphatic rings. The minimum atomic E-state index is -4.40. The van der Waals surface area contributed by atoms with E-state index >= 15 is 0 Å². The Balaban J connectivity index is 2.91. The van der Waals surface area contributed by atoms with Crippen molar-refractivity contribution in [1.82, 2.24) is 5.32 Å². The first kappa shape index (κ1) is 9.41. The summed E-state index contributed by atoms with van der Waals surface area (Å²) < 4.78 is 36.2. The number of halogens is 4. The first-order valence-electron chi connectivity index (χ1n) is 3.08. The predicted molar refractivity (Wildman–Crippen MR) is 39.2 cm³/mol. The molecule has 12 heavy (non-hydrogen) atoms. The summed E-state index contributed by atoms with van der Waals surface area (Å²) in [7, 11) is 0. The highest BCUT2D eigenvalue weighted by atomic mass is 35.5. The number of hydrogen-bond acceptors (Lipinski definition) is 2. The normalized spacial score (nSPS) is 24.2. The largest absolute Gasteiger partial charge is 0.415 e. The topological polar surface area (TPSA) is 38.0 Å². The summed E-state index contributed by atoms with van der Waals surface area (Å²) in [5, 5.41) is 2.36. The van der Waals surface area contributed by atoms with E-state index in [1.54, 1.807) is 0 Å². The molecule has 0 aromatic heterocycles. The molecule has 0 amide bonds. The molecule has 2 nitrogen and oxygen atoms in total. The van der Waals surface area contributed by atoms with Gasteiger partial charge in [0.05, 0.1) is 5.57 Å². The molecular formula is C6H6ClF3N2. The van der Waals surface area contributed by atoms with Crippen LogP contribution in [-0.2, 0) is 0 Å². The molecule has 1 atom stereocenters. The molecule has 0 aromatic rings. The molecule has 1 unspecified atom stereocenters. The molecule has 1 rings (SSSR count). The quantitative estimate of drug-likeness (QED) is 0.578. The number of hydrogen-bond donors (Lipinski definition) is 2. The Morgan fingerprint density at radius 2 is 2.00 bits per heavy atom. The second kappa shape index (κ2) is 2.99. The third-order valence-corrected chi connectivity index (χ3v) is 1.60. The van der Waals surface area contributed by atoms with E-state index in [4.69, 9.17) is 17.3 Å². The highest BCUT2D eigenvalue weighted by Gasteiger charge is 2.38. The van der Waals surface area contributed by atoms with Crippen LogP contribution in [0.15, 0.2) is 22.9 Å². The molecule has 1 aliphatic heterocycles. The highest BCUT2D eigenvalue weighted by Crippen LogP contribution is 2.29. The van der Waals surface area contributed by atoms with Crippen molar-refractivity contribution in [2.45, 2.75) is 12.3 Å². The molecule has 0 aromatic carbocycles. The summed E-state index contributed by atoms with van der Waals surface area (Å²) >= 11 is 5.38. The number of alkyl halides is 3. The Kier molecular flexibility index (Phi) is 2.34. The number of nitrogens with two attached hydrogens (primary N) is 1. The van der Waals surface area contributed by atoms with Gasteiger partial charge < -0.3 is 11.1 Å². The lowest BCUT2D eigenvalue weighted by molar-refractivity contribution is -0.0963. The van der Waals surface area contributed by atoms with E-state index in [-0.39, 0.29) is 5.16 Å². The van der Waals surface area contributed by atoms with Crippen LogP contribution in [0.1, 0.15) is 0 Å². The van der Waals surface area contributed by atoms with Crippen LogP contribution in [0.4, 0.5) is 13.2 Å². The van der Waals surface area contributed by atoms with Crippen molar-refractivity contribution < 1.29 is 13.2 Å². The van der Waals surface area contributed by atoms with Gasteiger partial charge in [0.2, 0.25) is 0 Å². The van der Waals surface area contributed by atoms with Crippen molar-refractivity contribution in [3.63, 3.8) is 0 Å². The van der Waals surface area contributed by atoms with Crippen LogP contribution in [0.5, 0.6) is 0 Å². The Morgan fingerprint density at radius 3 is 2.42 bits per heavy atom. The molecule has 0 spiro atoms. The third kappa shape index (κ3) is 1.92. The lowest BCUT2D eigenvalue weighted by atomic mass is 10.1. The summed E-state index contributed by atoms with van der Waals surface area (Å²) in [6.07, 6.45) is -3.69. The van der Waals surface area contributed by atoms with Crippen LogP contribution in [0.25, 0.3) is 0 Å². The molecule has 0 bridgehead atoms. The fourth-order valence-electron chi connectivity index (χ4n) is 0.812. The standard InChI is InChI=1S/C6H6ClF3N2/c7-4-2-1-3(5(11)12-4)6(8,9)10/h1-2,5,12H,11H2. The van der Waals surface area contributed by atoms with Gasteiger partial charge in [-0.2, -0.15) is 13.2 Å². The number of rotatable bonds is 0. The number of dihydropyridines is 1. The van der Waals surface area contributed by atoms with Gasteiger partial charge in [-0.25, -0.2) is 0 Å². The van der Waals surface area contributed by atoms with Crippen molar-refractivity contribution in [2.75, 3.05) is 0 Å². The van der Waals surface area contributed by atoms with E-state index < -0.39 is 17.9 Å². The van der Waals surface area contributed by atoms with Gasteiger partial charge in [-0.05, 0) is 12.2 Å². The number of nitrogens with one attached hydrogen (secondary N) is 1. The zero-order valence-electron chi connectivity index (χ0n) is 5.82. The van der Waals surface area contributed by atoms with Crippen LogP contribution in [-0.4, -0.2) is 12.3 Å². The Morgan fingerprint density at radius 1 is 1.42 bits per heavy atom. The van der Waals surface area contributed by atoms with E-state index in [1.165, 1.54) is 0 Å². The van der Waals surface area contributed by atoms with Gasteiger partial charge >= 0.3 is 6.18 Å². The SMILES string of the molecule is NC1NC(Cl)=CC=C1C(F)(F)F. The summed E-state index contributed by atoms with van der Waals surface area (Å²) in [6, 6.07) is 0. The van der Waals surface area contributed by atoms with Crippen LogP contribution in [0, 0.1) is 0 Å². The average Bonchev–Trinajstić information content (AvgIpc) is 1.83. The maximum Gasteiger partial charge on any atom is 0.415 e. The van der Waals surface area contributed by atoms with Crippen molar-refractivity contribution in [3.8, 4) is 0 Å². The van der Waals surface area contributed by atoms with E-state index in [2.05, 4.69) is 5.32 Å². The fraction of sp³-hybridized carbons (Fsp3) is 0.333. The zero-order valence-corrected chi connectivity index (χ0v) is 6.58. The lowest BCUT2D eigenvalue weighted by Gasteiger charge is -2.22. The van der Waals surface area contributed by atoms with E-state index in [0.29, 0.717) is 0 Å². The zero-order chi connectivity index (χ0) is 9.35. The van der Waals surface area contributed by atoms with Crippen molar-refractivity contribution in [2.24, 2.45) is 5.73 Å². The molecule has 0 fully saturated rings. The smallest absolute Gasteiger partial charge is 0.357 e. The van der Waals surface area contributed by atoms with Gasteiger partial charge in [0.1, 0.15) is 11.3 Å². The molecule has 0 saturated heterocycles. The van der Waals surface area contributed by atoms with Gasteiger partial charge in [-0.15, -0.1) is 0 Å². The second-order valence-corrected chi connectivity index (χ2v) is 2.66. The summed E-state index contributed by atoms with van der Waals surface area (Å²) in [5.41, 5.74) is 4.30. The predicted octanol–water partition coefficient (Wildman–Crippen LogP) is 1.44. The second-order valence-electron chi connectivity index (χ2n) is 2.26. The molecule has 1 heterocycles. The minimum absolute atomic E-state index is 0.107. The van der Waals surface area contributed by atoms with Gasteiger partial charge in [0.15, 0.2) is 0 Å². The summed E-state index contributed by atoms with van der Waals surface area (Å²) in [4.78, 5) is 0. The third-order valence-electron chi connectivity index (χ3n) is 1.36.